The van der Waals surface area contributed by atoms with Crippen molar-refractivity contribution in [3.8, 4) is 0 Å². The van der Waals surface area contributed by atoms with Gasteiger partial charge in [0, 0.05) is 18.3 Å². The highest BCUT2D eigenvalue weighted by atomic mass is 35.5. The Balaban J connectivity index is 1.79. The number of rotatable bonds is 5. The minimum atomic E-state index is -1.57. The molecule has 2 N–H and O–H groups in total. The van der Waals surface area contributed by atoms with E-state index in [1.54, 1.807) is 0 Å². The van der Waals surface area contributed by atoms with E-state index in [1.807, 2.05) is 5.10 Å². The molecule has 0 aliphatic carbocycles. The molecule has 3 rings (SSSR count). The van der Waals surface area contributed by atoms with Crippen LogP contribution in [0.2, 0.25) is 5.02 Å². The summed E-state index contributed by atoms with van der Waals surface area (Å²) in [6.45, 7) is -0.670. The molecule has 146 valence electrons. The van der Waals surface area contributed by atoms with Gasteiger partial charge in [0.1, 0.15) is 0 Å². The second kappa shape index (κ2) is 7.26. The Hall–Kier alpha value is -3.48. The van der Waals surface area contributed by atoms with Crippen LogP contribution in [0.15, 0.2) is 18.3 Å². The number of hydrogen-bond acceptors (Lipinski definition) is 5. The number of nitrogens with zero attached hydrogens (tertiary/aromatic N) is 4. The molecule has 0 radical (unpaired) electrons. The third-order valence-electron chi connectivity index (χ3n) is 3.49. The number of aromatic amines is 1. The molecule has 2 aromatic heterocycles. The Morgan fingerprint density at radius 3 is 2.50 bits per heavy atom. The molecule has 0 atom stereocenters. The van der Waals surface area contributed by atoms with Crippen molar-refractivity contribution in [3.63, 3.8) is 0 Å². The molecular formula is C14H7ClF4N6O3. The van der Waals surface area contributed by atoms with Crippen LogP contribution in [-0.4, -0.2) is 30.8 Å². The molecule has 9 nitrogen and oxygen atoms in total. The highest BCUT2D eigenvalue weighted by molar-refractivity contribution is 6.35. The number of nitro groups is 1. The fourth-order valence-electron chi connectivity index (χ4n) is 2.21. The number of benzene rings is 1. The molecule has 1 amide bonds. The van der Waals surface area contributed by atoms with Crippen LogP contribution in [0.25, 0.3) is 0 Å². The largest absolute Gasteiger partial charge is 0.362 e. The quantitative estimate of drug-likeness (QED) is 0.286. The maximum atomic E-state index is 13.7. The summed E-state index contributed by atoms with van der Waals surface area (Å²) in [4.78, 5) is 21.9. The summed E-state index contributed by atoms with van der Waals surface area (Å²) >= 11 is 5.68. The van der Waals surface area contributed by atoms with Crippen LogP contribution in [0, 0.1) is 33.4 Å². The Bertz CT molecular complexity index is 1070. The lowest BCUT2D eigenvalue weighted by atomic mass is 10.2. The van der Waals surface area contributed by atoms with Crippen LogP contribution in [-0.2, 0) is 6.54 Å². The number of amides is 1. The zero-order chi connectivity index (χ0) is 20.6. The van der Waals surface area contributed by atoms with Gasteiger partial charge in [0.05, 0.1) is 12.1 Å². The maximum Gasteiger partial charge on any atom is 0.362 e. The van der Waals surface area contributed by atoms with Crippen LogP contribution in [0.1, 0.15) is 16.1 Å². The van der Waals surface area contributed by atoms with E-state index in [-0.39, 0.29) is 11.9 Å². The van der Waals surface area contributed by atoms with Crippen LogP contribution < -0.4 is 5.32 Å². The average molecular weight is 419 g/mol. The highest BCUT2D eigenvalue weighted by Gasteiger charge is 2.26. The van der Waals surface area contributed by atoms with Crippen LogP contribution in [0.3, 0.4) is 0 Å². The SMILES string of the molecule is O=C(Nc1ccn(Cc2c(F)c(F)cc(F)c2F)n1)c1n[nH]c([N+](=O)[O-])c1Cl. The van der Waals surface area contributed by atoms with Crippen molar-refractivity contribution >= 4 is 29.1 Å². The minimum Gasteiger partial charge on any atom is -0.358 e. The lowest BCUT2D eigenvalue weighted by Crippen LogP contribution is -2.14. The summed E-state index contributed by atoms with van der Waals surface area (Å²) in [5.41, 5.74) is -1.38. The molecule has 0 saturated heterocycles. The molecule has 1 aromatic carbocycles. The van der Waals surface area contributed by atoms with Gasteiger partial charge >= 0.3 is 5.82 Å². The molecule has 0 aliphatic rings. The molecule has 0 unspecified atom stereocenters. The summed E-state index contributed by atoms with van der Waals surface area (Å²) in [6, 6.07) is 1.29. The van der Waals surface area contributed by atoms with E-state index in [0.29, 0.717) is 0 Å². The summed E-state index contributed by atoms with van der Waals surface area (Å²) < 4.78 is 54.8. The molecule has 0 saturated carbocycles. The number of anilines is 1. The van der Waals surface area contributed by atoms with Crippen LogP contribution in [0.5, 0.6) is 0 Å². The topological polar surface area (TPSA) is 119 Å². The van der Waals surface area contributed by atoms with Gasteiger partial charge in [0.25, 0.3) is 5.91 Å². The molecule has 0 fully saturated rings. The van der Waals surface area contributed by atoms with E-state index in [4.69, 9.17) is 11.6 Å². The molecule has 14 heteroatoms. The van der Waals surface area contributed by atoms with E-state index >= 15 is 0 Å². The second-order valence-electron chi connectivity index (χ2n) is 5.29. The zero-order valence-corrected chi connectivity index (χ0v) is 14.1. The number of H-pyrrole nitrogens is 1. The third-order valence-corrected chi connectivity index (χ3v) is 3.85. The number of hydrogen-bond donors (Lipinski definition) is 2. The first-order valence-electron chi connectivity index (χ1n) is 7.24. The number of halogens is 5. The molecule has 0 aliphatic heterocycles. The predicted molar refractivity (Wildman–Crippen MR) is 85.8 cm³/mol. The van der Waals surface area contributed by atoms with Gasteiger partial charge in [-0.25, -0.2) is 17.6 Å². The molecule has 0 spiro atoms. The van der Waals surface area contributed by atoms with Gasteiger partial charge in [-0.2, -0.15) is 5.10 Å². The number of nitrogens with one attached hydrogen (secondary N) is 2. The second-order valence-corrected chi connectivity index (χ2v) is 5.67. The maximum absolute atomic E-state index is 13.7. The lowest BCUT2D eigenvalue weighted by molar-refractivity contribution is -0.389. The van der Waals surface area contributed by atoms with Crippen LogP contribution in [0.4, 0.5) is 29.2 Å². The highest BCUT2D eigenvalue weighted by Crippen LogP contribution is 2.25. The average Bonchev–Trinajstić information content (AvgIpc) is 3.23. The van der Waals surface area contributed by atoms with Crippen molar-refractivity contribution in [1.29, 1.82) is 0 Å². The standard InChI is InChI=1S/C14H7ClF4N6O3/c15-9-12(21-22-13(9)25(27)28)14(26)20-8-1-2-24(23-8)4-5-10(18)6(16)3-7(17)11(5)19/h1-3H,4H2,(H,21,22)(H,20,23,26). The predicted octanol–water partition coefficient (Wildman–Crippen LogP) is 3.02. The fraction of sp³-hybridized carbons (Fsp3) is 0.0714. The Morgan fingerprint density at radius 2 is 1.93 bits per heavy atom. The molecule has 3 aromatic rings. The van der Waals surface area contributed by atoms with Crippen molar-refractivity contribution < 1.29 is 27.3 Å². The Kier molecular flexibility index (Phi) is 5.00. The zero-order valence-electron chi connectivity index (χ0n) is 13.3. The minimum absolute atomic E-state index is 0.0791. The van der Waals surface area contributed by atoms with Crippen molar-refractivity contribution in [2.24, 2.45) is 0 Å². The van der Waals surface area contributed by atoms with Gasteiger partial charge in [-0.15, -0.1) is 5.10 Å². The first-order valence-corrected chi connectivity index (χ1v) is 7.61. The summed E-state index contributed by atoms with van der Waals surface area (Å²) in [5, 5.41) is 21.5. The van der Waals surface area contributed by atoms with E-state index in [9.17, 15) is 32.5 Å². The van der Waals surface area contributed by atoms with E-state index in [0.717, 1.165) is 4.68 Å². The summed E-state index contributed by atoms with van der Waals surface area (Å²) in [7, 11) is 0. The molecule has 2 heterocycles. The van der Waals surface area contributed by atoms with Crippen molar-refractivity contribution in [2.45, 2.75) is 6.54 Å². The number of aromatic nitrogens is 4. The van der Waals surface area contributed by atoms with Crippen molar-refractivity contribution in [1.82, 2.24) is 20.0 Å². The monoisotopic (exact) mass is 418 g/mol. The Morgan fingerprint density at radius 1 is 1.29 bits per heavy atom. The van der Waals surface area contributed by atoms with Crippen LogP contribution >= 0.6 is 11.6 Å². The molecular weight excluding hydrogens is 412 g/mol. The van der Waals surface area contributed by atoms with E-state index in [2.05, 4.69) is 15.5 Å². The first kappa shape index (κ1) is 19.3. The summed E-state index contributed by atoms with van der Waals surface area (Å²) in [6.07, 6.45) is 1.17. The summed E-state index contributed by atoms with van der Waals surface area (Å²) in [5.74, 6) is -8.05. The van der Waals surface area contributed by atoms with Gasteiger partial charge in [0.15, 0.2) is 39.8 Å². The normalized spacial score (nSPS) is 10.9. The smallest absolute Gasteiger partial charge is 0.358 e. The number of carbonyl (C=O) groups excluding carboxylic acids is 1. The van der Waals surface area contributed by atoms with Crippen molar-refractivity contribution in [2.75, 3.05) is 5.32 Å². The lowest BCUT2D eigenvalue weighted by Gasteiger charge is -2.07. The van der Waals surface area contributed by atoms with Gasteiger partial charge in [0.2, 0.25) is 0 Å². The number of carbonyl (C=O) groups is 1. The Labute approximate surface area is 157 Å². The van der Waals surface area contributed by atoms with Gasteiger partial charge < -0.3 is 15.4 Å². The van der Waals surface area contributed by atoms with E-state index in [1.165, 1.54) is 12.3 Å². The third kappa shape index (κ3) is 3.51. The fourth-order valence-corrected chi connectivity index (χ4v) is 2.45. The van der Waals surface area contributed by atoms with Crippen molar-refractivity contribution in [3.05, 3.63) is 68.0 Å². The van der Waals surface area contributed by atoms with Gasteiger partial charge in [-0.05, 0) is 4.92 Å². The van der Waals surface area contributed by atoms with Gasteiger partial charge in [-0.3, -0.25) is 9.48 Å². The first-order chi connectivity index (χ1) is 13.2. The van der Waals surface area contributed by atoms with E-state index < -0.39 is 62.7 Å². The molecule has 0 bridgehead atoms. The van der Waals surface area contributed by atoms with Gasteiger partial charge in [-0.1, -0.05) is 16.7 Å². The molecule has 28 heavy (non-hydrogen) atoms.